The van der Waals surface area contributed by atoms with E-state index in [0.29, 0.717) is 10.5 Å². The number of rotatable bonds is 4. The molecule has 2 heterocycles. The zero-order chi connectivity index (χ0) is 20.5. The lowest BCUT2D eigenvalue weighted by Crippen LogP contribution is -2.27. The Morgan fingerprint density at radius 3 is 2.41 bits per heavy atom. The number of nitrogens with zero attached hydrogens (tertiary/aromatic N) is 2. The van der Waals surface area contributed by atoms with Crippen LogP contribution in [-0.4, -0.2) is 20.6 Å². The van der Waals surface area contributed by atoms with Crippen LogP contribution in [0, 0.1) is 19.7 Å². The Morgan fingerprint density at radius 2 is 1.69 bits per heavy atom. The monoisotopic (exact) mass is 406 g/mol. The average Bonchev–Trinajstić information content (AvgIpc) is 3.13. The van der Waals surface area contributed by atoms with Crippen molar-refractivity contribution in [1.29, 1.82) is 0 Å². The zero-order valence-corrected chi connectivity index (χ0v) is 16.9. The van der Waals surface area contributed by atoms with Gasteiger partial charge in [-0.3, -0.25) is 14.5 Å². The Labute approximate surface area is 172 Å². The van der Waals surface area contributed by atoms with Gasteiger partial charge in [0.05, 0.1) is 11.4 Å². The molecule has 3 aromatic rings. The van der Waals surface area contributed by atoms with Gasteiger partial charge in [0.2, 0.25) is 0 Å². The first-order valence-electron chi connectivity index (χ1n) is 9.19. The van der Waals surface area contributed by atoms with Crippen molar-refractivity contribution in [3.05, 3.63) is 93.9 Å². The van der Waals surface area contributed by atoms with Gasteiger partial charge in [0.1, 0.15) is 5.82 Å². The molecule has 6 heteroatoms. The summed E-state index contributed by atoms with van der Waals surface area (Å²) in [6.45, 7) is 3.91. The molecular weight excluding hydrogens is 387 g/mol. The molecule has 0 N–H and O–H groups in total. The van der Waals surface area contributed by atoms with E-state index < -0.39 is 11.7 Å². The molecule has 1 aliphatic heterocycles. The molecule has 4 nitrogen and oxygen atoms in total. The first-order valence-corrected chi connectivity index (χ1v) is 10.0. The summed E-state index contributed by atoms with van der Waals surface area (Å²) in [5.41, 5.74) is 4.25. The van der Waals surface area contributed by atoms with Gasteiger partial charge in [-0.05, 0) is 61.5 Å². The van der Waals surface area contributed by atoms with Gasteiger partial charge in [0, 0.05) is 22.6 Å². The van der Waals surface area contributed by atoms with Crippen LogP contribution in [0.2, 0.25) is 0 Å². The third-order valence-electron chi connectivity index (χ3n) is 4.93. The average molecular weight is 406 g/mol. The van der Waals surface area contributed by atoms with Crippen molar-refractivity contribution in [3.8, 4) is 5.69 Å². The molecule has 146 valence electrons. The van der Waals surface area contributed by atoms with Gasteiger partial charge < -0.3 is 4.57 Å². The number of aryl methyl sites for hydroxylation is 1. The van der Waals surface area contributed by atoms with Gasteiger partial charge in [-0.15, -0.1) is 0 Å². The number of imide groups is 1. The lowest BCUT2D eigenvalue weighted by atomic mass is 10.2. The van der Waals surface area contributed by atoms with Gasteiger partial charge in [-0.25, -0.2) is 4.39 Å². The predicted octanol–water partition coefficient (Wildman–Crippen LogP) is 5.47. The first kappa shape index (κ1) is 19.2. The van der Waals surface area contributed by atoms with Crippen molar-refractivity contribution in [2.75, 3.05) is 0 Å². The number of aromatic nitrogens is 1. The number of halogens is 1. The molecule has 1 saturated heterocycles. The van der Waals surface area contributed by atoms with E-state index in [4.69, 9.17) is 0 Å². The van der Waals surface area contributed by atoms with Crippen LogP contribution in [0.15, 0.2) is 65.6 Å². The second kappa shape index (κ2) is 7.72. The van der Waals surface area contributed by atoms with Crippen molar-refractivity contribution in [1.82, 2.24) is 9.47 Å². The number of thioether (sulfide) groups is 1. The molecule has 0 unspecified atom stereocenters. The summed E-state index contributed by atoms with van der Waals surface area (Å²) in [4.78, 5) is 26.6. The Morgan fingerprint density at radius 1 is 1.00 bits per heavy atom. The van der Waals surface area contributed by atoms with Crippen LogP contribution in [0.1, 0.15) is 22.5 Å². The highest BCUT2D eigenvalue weighted by Crippen LogP contribution is 2.34. The highest BCUT2D eigenvalue weighted by atomic mass is 32.2. The van der Waals surface area contributed by atoms with Crippen LogP contribution in [0.25, 0.3) is 11.8 Å². The quantitative estimate of drug-likeness (QED) is 0.540. The summed E-state index contributed by atoms with van der Waals surface area (Å²) in [7, 11) is 0. The largest absolute Gasteiger partial charge is 0.318 e. The molecule has 1 aromatic heterocycles. The molecule has 0 saturated carbocycles. The Hall–Kier alpha value is -3.12. The maximum atomic E-state index is 13.9. The summed E-state index contributed by atoms with van der Waals surface area (Å²) >= 11 is 0.888. The zero-order valence-electron chi connectivity index (χ0n) is 16.1. The summed E-state index contributed by atoms with van der Waals surface area (Å²) in [6.07, 6.45) is 1.74. The highest BCUT2D eigenvalue weighted by molar-refractivity contribution is 8.18. The molecule has 2 amide bonds. The van der Waals surface area contributed by atoms with Crippen LogP contribution in [-0.2, 0) is 11.3 Å². The number of hydrogen-bond donors (Lipinski definition) is 0. The minimum absolute atomic E-state index is 0.0717. The van der Waals surface area contributed by atoms with E-state index >= 15 is 0 Å². The third-order valence-corrected chi connectivity index (χ3v) is 5.84. The smallest absolute Gasteiger partial charge is 0.293 e. The molecule has 0 atom stereocenters. The summed E-state index contributed by atoms with van der Waals surface area (Å²) < 4.78 is 16.0. The standard InChI is InChI=1S/C23H19FN2O2S/c1-15-12-18(16(2)26(15)19-9-4-3-5-10-19)13-21-22(27)25(23(28)29-21)14-17-8-6-7-11-20(17)24/h3-13H,14H2,1-2H3/b21-13+. The topological polar surface area (TPSA) is 42.3 Å². The number of carbonyl (C=O) groups excluding carboxylic acids is 2. The van der Waals surface area contributed by atoms with Gasteiger partial charge in [-0.1, -0.05) is 36.4 Å². The number of hydrogen-bond acceptors (Lipinski definition) is 3. The summed E-state index contributed by atoms with van der Waals surface area (Å²) in [5.74, 6) is -0.824. The fourth-order valence-corrected chi connectivity index (χ4v) is 4.31. The SMILES string of the molecule is Cc1cc(/C=C2/SC(=O)N(Cc3ccccc3F)C2=O)c(C)n1-c1ccccc1. The molecule has 0 radical (unpaired) electrons. The maximum absolute atomic E-state index is 13.9. The van der Waals surface area contributed by atoms with Crippen LogP contribution in [0.4, 0.5) is 9.18 Å². The predicted molar refractivity (Wildman–Crippen MR) is 113 cm³/mol. The number of para-hydroxylation sites is 1. The summed E-state index contributed by atoms with van der Waals surface area (Å²) in [6, 6.07) is 18.1. The number of amides is 2. The van der Waals surface area contributed by atoms with E-state index in [1.165, 1.54) is 6.07 Å². The minimum atomic E-state index is -0.429. The molecule has 1 fully saturated rings. The lowest BCUT2D eigenvalue weighted by Gasteiger charge is -2.12. The number of benzene rings is 2. The van der Waals surface area contributed by atoms with Crippen LogP contribution >= 0.6 is 11.8 Å². The van der Waals surface area contributed by atoms with E-state index in [1.807, 2.05) is 50.2 Å². The molecule has 2 aromatic carbocycles. The third kappa shape index (κ3) is 3.63. The van der Waals surface area contributed by atoms with E-state index in [-0.39, 0.29) is 11.8 Å². The van der Waals surface area contributed by atoms with E-state index in [0.717, 1.165) is 39.3 Å². The fraction of sp³-hybridized carbons (Fsp3) is 0.130. The first-order chi connectivity index (χ1) is 14.0. The number of carbonyl (C=O) groups is 2. The van der Waals surface area contributed by atoms with Crippen molar-refractivity contribution >= 4 is 29.0 Å². The highest BCUT2D eigenvalue weighted by Gasteiger charge is 2.35. The summed E-state index contributed by atoms with van der Waals surface area (Å²) in [5, 5.41) is -0.388. The van der Waals surface area contributed by atoms with Crippen molar-refractivity contribution in [2.45, 2.75) is 20.4 Å². The molecule has 0 spiro atoms. The molecule has 0 aliphatic carbocycles. The Balaban J connectivity index is 1.64. The van der Waals surface area contributed by atoms with Crippen LogP contribution in [0.3, 0.4) is 0 Å². The van der Waals surface area contributed by atoms with Gasteiger partial charge in [0.25, 0.3) is 11.1 Å². The second-order valence-electron chi connectivity index (χ2n) is 6.86. The maximum Gasteiger partial charge on any atom is 0.293 e. The molecule has 1 aliphatic rings. The van der Waals surface area contributed by atoms with Gasteiger partial charge in [-0.2, -0.15) is 0 Å². The van der Waals surface area contributed by atoms with E-state index in [9.17, 15) is 14.0 Å². The molecule has 0 bridgehead atoms. The van der Waals surface area contributed by atoms with Crippen LogP contribution in [0.5, 0.6) is 0 Å². The van der Waals surface area contributed by atoms with Gasteiger partial charge in [0.15, 0.2) is 0 Å². The Kier molecular flexibility index (Phi) is 5.11. The van der Waals surface area contributed by atoms with E-state index in [1.54, 1.807) is 24.3 Å². The van der Waals surface area contributed by atoms with Crippen LogP contribution < -0.4 is 0 Å². The van der Waals surface area contributed by atoms with Crippen molar-refractivity contribution in [3.63, 3.8) is 0 Å². The normalized spacial score (nSPS) is 15.6. The fourth-order valence-electron chi connectivity index (χ4n) is 3.48. The Bertz CT molecular complexity index is 1140. The van der Waals surface area contributed by atoms with Crippen molar-refractivity contribution < 1.29 is 14.0 Å². The lowest BCUT2D eigenvalue weighted by molar-refractivity contribution is -0.123. The molecule has 4 rings (SSSR count). The minimum Gasteiger partial charge on any atom is -0.318 e. The second-order valence-corrected chi connectivity index (χ2v) is 7.85. The molecule has 29 heavy (non-hydrogen) atoms. The molecular formula is C23H19FN2O2S. The van der Waals surface area contributed by atoms with Gasteiger partial charge >= 0.3 is 0 Å². The van der Waals surface area contributed by atoms with E-state index in [2.05, 4.69) is 4.57 Å². The van der Waals surface area contributed by atoms with Crippen molar-refractivity contribution in [2.24, 2.45) is 0 Å².